The molecule has 1 saturated heterocycles. The molecule has 4 atom stereocenters. The molecule has 1 amide bonds. The Morgan fingerprint density at radius 2 is 1.47 bits per heavy atom. The van der Waals surface area contributed by atoms with Gasteiger partial charge in [0, 0.05) is 18.1 Å². The van der Waals surface area contributed by atoms with E-state index in [-0.39, 0.29) is 35.8 Å². The van der Waals surface area contributed by atoms with E-state index in [1.54, 1.807) is 48.5 Å². The molecule has 2 aliphatic heterocycles. The summed E-state index contributed by atoms with van der Waals surface area (Å²) < 4.78 is 34.0. The van der Waals surface area contributed by atoms with Gasteiger partial charge in [0.2, 0.25) is 5.91 Å². The molecule has 12 heteroatoms. The van der Waals surface area contributed by atoms with Gasteiger partial charge in [-0.25, -0.2) is 4.79 Å². The van der Waals surface area contributed by atoms with Crippen LogP contribution < -0.4 is 10.6 Å². The first kappa shape index (κ1) is 34.3. The normalized spacial score (nSPS) is 20.0. The molecule has 47 heavy (non-hydrogen) atoms. The van der Waals surface area contributed by atoms with Gasteiger partial charge in [-0.1, -0.05) is 64.1 Å². The van der Waals surface area contributed by atoms with E-state index in [2.05, 4.69) is 20.8 Å². The number of carbonyl (C=O) groups is 2. The number of amides is 1. The van der Waals surface area contributed by atoms with Crippen LogP contribution in [0.5, 0.6) is 0 Å². The minimum Gasteiger partial charge on any atom is -0.456 e. The number of non-ortho nitro benzene ring substituents is 1. The Morgan fingerprint density at radius 1 is 0.936 bits per heavy atom. The van der Waals surface area contributed by atoms with Gasteiger partial charge in [0.15, 0.2) is 14.0 Å². The van der Waals surface area contributed by atoms with Crippen LogP contribution in [0.15, 0.2) is 96.4 Å². The maximum absolute atomic E-state index is 15.0. The average Bonchev–Trinajstić information content (AvgIpc) is 3.34. The molecule has 2 aliphatic rings. The molecule has 0 N–H and O–H groups in total. The highest BCUT2D eigenvalue weighted by molar-refractivity contribution is 7.74. The third kappa shape index (κ3) is 6.44. The minimum atomic E-state index is -3.81. The summed E-state index contributed by atoms with van der Waals surface area (Å²) in [5.41, 5.74) is 0.372. The third-order valence-electron chi connectivity index (χ3n) is 9.59. The zero-order valence-corrected chi connectivity index (χ0v) is 29.2. The number of hydrogen-bond donors (Lipinski definition) is 0. The molecule has 3 aromatic rings. The van der Waals surface area contributed by atoms with E-state index in [0.717, 1.165) is 18.1 Å². The van der Waals surface area contributed by atoms with E-state index in [9.17, 15) is 19.7 Å². The molecule has 0 saturated carbocycles. The van der Waals surface area contributed by atoms with Gasteiger partial charge < -0.3 is 13.7 Å². The Labute approximate surface area is 276 Å². The number of fused-ring (bicyclic) bond motifs is 1. The molecular weight excluding hydrogens is 635 g/mol. The third-order valence-corrected chi connectivity index (χ3v) is 16.7. The molecule has 0 spiro atoms. The monoisotopic (exact) mass is 676 g/mol. The van der Waals surface area contributed by atoms with E-state index in [1.165, 1.54) is 29.2 Å². The quantitative estimate of drug-likeness (QED) is 0.0462. The van der Waals surface area contributed by atoms with Crippen molar-refractivity contribution in [3.63, 3.8) is 0 Å². The van der Waals surface area contributed by atoms with Crippen LogP contribution >= 0.6 is 7.37 Å². The summed E-state index contributed by atoms with van der Waals surface area (Å²) in [4.78, 5) is 39.9. The second-order valence-electron chi connectivity index (χ2n) is 12.1. The molecule has 2 heterocycles. The fourth-order valence-corrected chi connectivity index (χ4v) is 11.8. The van der Waals surface area contributed by atoms with Crippen molar-refractivity contribution in [3.05, 3.63) is 112 Å². The van der Waals surface area contributed by atoms with E-state index in [4.69, 9.17) is 13.7 Å². The molecule has 0 aromatic heterocycles. The number of hydrogen-bond acceptors (Lipinski definition) is 8. The van der Waals surface area contributed by atoms with Gasteiger partial charge in [0.05, 0.1) is 33.6 Å². The fraction of sp³-hybridized carbons (Fsp3) is 0.371. The van der Waals surface area contributed by atoms with E-state index in [1.807, 2.05) is 26.0 Å². The Bertz CT molecular complexity index is 1640. The molecule has 10 nitrogen and oxygen atoms in total. The number of rotatable bonds is 14. The second kappa shape index (κ2) is 14.0. The first-order valence-electron chi connectivity index (χ1n) is 16.1. The van der Waals surface area contributed by atoms with Crippen molar-refractivity contribution in [3.8, 4) is 0 Å². The number of ether oxygens (including phenoxy) is 1. The fourth-order valence-electron chi connectivity index (χ4n) is 6.66. The summed E-state index contributed by atoms with van der Waals surface area (Å²) in [7, 11) is -5.87. The Morgan fingerprint density at radius 3 is 1.96 bits per heavy atom. The Kier molecular flexibility index (Phi) is 10.2. The van der Waals surface area contributed by atoms with Crippen LogP contribution in [0.1, 0.15) is 40.2 Å². The van der Waals surface area contributed by atoms with Gasteiger partial charge in [0.1, 0.15) is 12.4 Å². The topological polar surface area (TPSA) is 125 Å². The largest absolute Gasteiger partial charge is 0.456 e. The highest BCUT2D eigenvalue weighted by Crippen LogP contribution is 2.55. The Balaban J connectivity index is 1.52. The lowest BCUT2D eigenvalue weighted by molar-refractivity contribution is -0.384. The summed E-state index contributed by atoms with van der Waals surface area (Å²) in [6.45, 7) is 10.0. The number of esters is 1. The van der Waals surface area contributed by atoms with Crippen molar-refractivity contribution in [2.75, 3.05) is 0 Å². The van der Waals surface area contributed by atoms with Crippen LogP contribution in [0.2, 0.25) is 18.1 Å². The maximum Gasteiger partial charge on any atom is 0.358 e. The van der Waals surface area contributed by atoms with E-state index >= 15 is 4.57 Å². The highest BCUT2D eigenvalue weighted by Gasteiger charge is 2.62. The molecule has 0 aliphatic carbocycles. The highest BCUT2D eigenvalue weighted by atomic mass is 31.2. The molecule has 1 fully saturated rings. The average molecular weight is 677 g/mol. The lowest BCUT2D eigenvalue weighted by Crippen LogP contribution is -2.65. The van der Waals surface area contributed by atoms with Gasteiger partial charge in [-0.05, 0) is 67.0 Å². The van der Waals surface area contributed by atoms with Crippen LogP contribution in [0.4, 0.5) is 5.69 Å². The van der Waals surface area contributed by atoms with Crippen LogP contribution in [0.3, 0.4) is 0 Å². The standard InChI is InChI=1S/C35H41N2O8PSi/c1-6-47(7-2,8-3)45-25(5)30-31-24(4)33(44-46(42,28-15-11-9-12-16-28)29-17-13-10-14-18-29)32(36(31)34(30)38)35(39)43-23-26-19-21-27(22-20-26)37(40)41/h9-22,24-25,30-31H,6-8,23H2,1-5H3/t24-,25-,30-,31-/m1/s1. The van der Waals surface area contributed by atoms with Crippen LogP contribution in [-0.2, 0) is 34.4 Å². The van der Waals surface area contributed by atoms with E-state index < -0.39 is 44.5 Å². The summed E-state index contributed by atoms with van der Waals surface area (Å²) in [5, 5.41) is 12.0. The number of benzene rings is 3. The van der Waals surface area contributed by atoms with Crippen molar-refractivity contribution in [2.24, 2.45) is 11.8 Å². The van der Waals surface area contributed by atoms with Gasteiger partial charge in [-0.2, -0.15) is 0 Å². The van der Waals surface area contributed by atoms with Gasteiger partial charge in [0.25, 0.3) is 5.69 Å². The summed E-state index contributed by atoms with van der Waals surface area (Å²) in [5.74, 6) is -1.95. The molecule has 5 rings (SSSR count). The van der Waals surface area contributed by atoms with Crippen molar-refractivity contribution >= 4 is 43.9 Å². The summed E-state index contributed by atoms with van der Waals surface area (Å²) >= 11 is 0. The molecular formula is C35H41N2O8PSi. The number of nitro groups is 1. The lowest BCUT2D eigenvalue weighted by Gasteiger charge is -2.49. The first-order chi connectivity index (χ1) is 22.5. The van der Waals surface area contributed by atoms with Crippen molar-refractivity contribution in [2.45, 2.75) is 71.5 Å². The van der Waals surface area contributed by atoms with Crippen LogP contribution in [-0.4, -0.2) is 42.2 Å². The van der Waals surface area contributed by atoms with Gasteiger partial charge in [-0.15, -0.1) is 0 Å². The number of nitrogens with zero attached hydrogens (tertiary/aromatic N) is 2. The van der Waals surface area contributed by atoms with Gasteiger partial charge >= 0.3 is 13.3 Å². The van der Waals surface area contributed by atoms with Crippen LogP contribution in [0.25, 0.3) is 0 Å². The maximum atomic E-state index is 15.0. The smallest absolute Gasteiger partial charge is 0.358 e. The van der Waals surface area contributed by atoms with Crippen molar-refractivity contribution < 1.29 is 32.8 Å². The lowest BCUT2D eigenvalue weighted by atomic mass is 9.79. The Hall–Kier alpha value is -4.05. The molecule has 0 bridgehead atoms. The first-order valence-corrected chi connectivity index (χ1v) is 20.2. The minimum absolute atomic E-state index is 0.0741. The molecule has 0 unspecified atom stereocenters. The summed E-state index contributed by atoms with van der Waals surface area (Å²) in [6, 6.07) is 25.7. The van der Waals surface area contributed by atoms with Crippen LogP contribution in [0, 0.1) is 22.0 Å². The second-order valence-corrected chi connectivity index (χ2v) is 19.1. The molecule has 3 aromatic carbocycles. The van der Waals surface area contributed by atoms with Gasteiger partial charge in [-0.3, -0.25) is 24.4 Å². The predicted molar refractivity (Wildman–Crippen MR) is 182 cm³/mol. The number of carbonyl (C=O) groups excluding carboxylic acids is 2. The molecule has 0 radical (unpaired) electrons. The predicted octanol–water partition coefficient (Wildman–Crippen LogP) is 6.68. The summed E-state index contributed by atoms with van der Waals surface area (Å²) in [6.07, 6.45) is -0.385. The number of β-lactam (4-membered cyclic amide) rings is 1. The van der Waals surface area contributed by atoms with Crippen molar-refractivity contribution in [1.29, 1.82) is 0 Å². The zero-order chi connectivity index (χ0) is 33.9. The molecule has 248 valence electrons. The number of nitro benzene ring substituents is 1. The zero-order valence-electron chi connectivity index (χ0n) is 27.3. The van der Waals surface area contributed by atoms with Crippen molar-refractivity contribution in [1.82, 2.24) is 4.90 Å². The van der Waals surface area contributed by atoms with E-state index in [0.29, 0.717) is 16.2 Å². The SMILES string of the molecule is CC[Si](CC)(CC)O[C@H](C)[C@H]1C(=O)N2C(C(=O)OCc3ccc([N+](=O)[O-])cc3)=C(OP(=O)(c3ccccc3)c3ccccc3)[C@H](C)[C@H]12.